The van der Waals surface area contributed by atoms with Gasteiger partial charge < -0.3 is 0 Å². The molecule has 0 saturated heterocycles. The lowest BCUT2D eigenvalue weighted by Crippen LogP contribution is -2.15. The molecule has 110 valence electrons. The van der Waals surface area contributed by atoms with E-state index in [1.165, 1.54) is 5.56 Å². The van der Waals surface area contributed by atoms with Gasteiger partial charge in [0.25, 0.3) is 0 Å². The van der Waals surface area contributed by atoms with Crippen LogP contribution in [0.1, 0.15) is 48.7 Å². The summed E-state index contributed by atoms with van der Waals surface area (Å²) in [6.45, 7) is 6.54. The van der Waals surface area contributed by atoms with Crippen molar-refractivity contribution in [1.82, 2.24) is 0 Å². The van der Waals surface area contributed by atoms with E-state index in [1.54, 1.807) is 18.2 Å². The number of hydrogen-bond donors (Lipinski definition) is 0. The minimum atomic E-state index is -0.108. The molecule has 0 heterocycles. The van der Waals surface area contributed by atoms with Crippen molar-refractivity contribution in [2.24, 2.45) is 0 Å². The van der Waals surface area contributed by atoms with Crippen molar-refractivity contribution in [3.63, 3.8) is 0 Å². The van der Waals surface area contributed by atoms with E-state index in [0.717, 1.165) is 6.42 Å². The predicted molar refractivity (Wildman–Crippen MR) is 89.7 cm³/mol. The summed E-state index contributed by atoms with van der Waals surface area (Å²) in [5, 5.41) is 0.925. The number of carbonyl (C=O) groups is 1. The number of halogens is 2. The van der Waals surface area contributed by atoms with E-state index in [1.807, 2.05) is 24.3 Å². The van der Waals surface area contributed by atoms with E-state index in [9.17, 15) is 4.79 Å². The van der Waals surface area contributed by atoms with Crippen LogP contribution in [0.4, 0.5) is 0 Å². The highest BCUT2D eigenvalue weighted by molar-refractivity contribution is 6.36. The molecule has 3 heteroatoms. The Bertz CT molecular complexity index is 657. The molecule has 0 atom stereocenters. The molecule has 0 aromatic heterocycles. The van der Waals surface area contributed by atoms with E-state index in [2.05, 4.69) is 20.8 Å². The van der Waals surface area contributed by atoms with Gasteiger partial charge in [-0.3, -0.25) is 4.79 Å². The summed E-state index contributed by atoms with van der Waals surface area (Å²) < 4.78 is 0. The molecule has 0 bridgehead atoms. The lowest BCUT2D eigenvalue weighted by atomic mass is 9.82. The first-order valence-corrected chi connectivity index (χ1v) is 7.71. The Kier molecular flexibility index (Phi) is 4.75. The molecule has 2 aromatic carbocycles. The van der Waals surface area contributed by atoms with Crippen molar-refractivity contribution in [1.29, 1.82) is 0 Å². The van der Waals surface area contributed by atoms with Crippen molar-refractivity contribution in [2.75, 3.05) is 0 Å². The van der Waals surface area contributed by atoms with Crippen molar-refractivity contribution in [3.05, 3.63) is 69.2 Å². The summed E-state index contributed by atoms with van der Waals surface area (Å²) in [5.74, 6) is -0.108. The summed E-state index contributed by atoms with van der Waals surface area (Å²) in [5.41, 5.74) is 2.38. The molecule has 2 rings (SSSR count). The molecule has 0 amide bonds. The van der Waals surface area contributed by atoms with Gasteiger partial charge in [-0.1, -0.05) is 68.2 Å². The van der Waals surface area contributed by atoms with Crippen LogP contribution in [0.2, 0.25) is 10.0 Å². The molecule has 0 radical (unpaired) electrons. The normalized spacial score (nSPS) is 11.5. The molecular formula is C18H18Cl2O. The Labute approximate surface area is 135 Å². The van der Waals surface area contributed by atoms with E-state index in [0.29, 0.717) is 21.2 Å². The second-order valence-electron chi connectivity index (χ2n) is 5.77. The largest absolute Gasteiger partial charge is 0.289 e. The summed E-state index contributed by atoms with van der Waals surface area (Å²) >= 11 is 12.0. The van der Waals surface area contributed by atoms with Crippen LogP contribution in [0.25, 0.3) is 0 Å². The Balaban J connectivity index is 2.35. The monoisotopic (exact) mass is 320 g/mol. The number of rotatable bonds is 4. The Morgan fingerprint density at radius 2 is 1.67 bits per heavy atom. The minimum Gasteiger partial charge on any atom is -0.289 e. The molecular weight excluding hydrogens is 303 g/mol. The topological polar surface area (TPSA) is 17.1 Å². The molecule has 0 unspecified atom stereocenters. The third-order valence-electron chi connectivity index (χ3n) is 3.99. The fraction of sp³-hybridized carbons (Fsp3) is 0.278. The van der Waals surface area contributed by atoms with E-state index in [4.69, 9.17) is 23.2 Å². The highest BCUT2D eigenvalue weighted by atomic mass is 35.5. The van der Waals surface area contributed by atoms with E-state index in [-0.39, 0.29) is 11.2 Å². The minimum absolute atomic E-state index is 0.106. The van der Waals surface area contributed by atoms with Crippen molar-refractivity contribution >= 4 is 29.0 Å². The van der Waals surface area contributed by atoms with E-state index < -0.39 is 0 Å². The van der Waals surface area contributed by atoms with Gasteiger partial charge in [0, 0.05) is 16.1 Å². The van der Waals surface area contributed by atoms with Gasteiger partial charge in [0.1, 0.15) is 0 Å². The average molecular weight is 321 g/mol. The van der Waals surface area contributed by atoms with E-state index >= 15 is 0 Å². The highest BCUT2D eigenvalue weighted by Gasteiger charge is 2.19. The van der Waals surface area contributed by atoms with Gasteiger partial charge in [0.2, 0.25) is 0 Å². The standard InChI is InChI=1S/C18H18Cl2O/c1-4-18(2,3)13-7-5-12(6-8-13)17(21)15-11-14(19)9-10-16(15)20/h5-11H,4H2,1-3H3. The van der Waals surface area contributed by atoms with Crippen LogP contribution in [0.15, 0.2) is 42.5 Å². The number of ketones is 1. The van der Waals surface area contributed by atoms with Gasteiger partial charge in [-0.2, -0.15) is 0 Å². The van der Waals surface area contributed by atoms with Gasteiger partial charge in [0.15, 0.2) is 5.78 Å². The Hall–Kier alpha value is -1.31. The number of carbonyl (C=O) groups excluding carboxylic acids is 1. The average Bonchev–Trinajstić information content (AvgIpc) is 2.49. The van der Waals surface area contributed by atoms with Crippen LogP contribution >= 0.6 is 23.2 Å². The van der Waals surface area contributed by atoms with Gasteiger partial charge in [-0.05, 0) is 35.6 Å². The molecule has 21 heavy (non-hydrogen) atoms. The fourth-order valence-electron chi connectivity index (χ4n) is 2.10. The fourth-order valence-corrected chi connectivity index (χ4v) is 2.48. The first-order valence-electron chi connectivity index (χ1n) is 6.95. The van der Waals surface area contributed by atoms with Crippen LogP contribution in [0.3, 0.4) is 0 Å². The van der Waals surface area contributed by atoms with Gasteiger partial charge >= 0.3 is 0 Å². The highest BCUT2D eigenvalue weighted by Crippen LogP contribution is 2.28. The molecule has 0 aliphatic heterocycles. The van der Waals surface area contributed by atoms with Crippen LogP contribution in [-0.2, 0) is 5.41 Å². The van der Waals surface area contributed by atoms with Crippen LogP contribution < -0.4 is 0 Å². The number of benzene rings is 2. The molecule has 0 N–H and O–H groups in total. The lowest BCUT2D eigenvalue weighted by molar-refractivity contribution is 0.103. The first-order chi connectivity index (χ1) is 9.85. The van der Waals surface area contributed by atoms with Crippen LogP contribution in [0, 0.1) is 0 Å². The molecule has 0 saturated carbocycles. The molecule has 2 aromatic rings. The Morgan fingerprint density at radius 1 is 1.05 bits per heavy atom. The summed E-state index contributed by atoms with van der Waals surface area (Å²) in [7, 11) is 0. The summed E-state index contributed by atoms with van der Waals surface area (Å²) in [4.78, 5) is 12.5. The van der Waals surface area contributed by atoms with Crippen molar-refractivity contribution < 1.29 is 4.79 Å². The van der Waals surface area contributed by atoms with Crippen LogP contribution in [-0.4, -0.2) is 5.78 Å². The zero-order valence-corrected chi connectivity index (χ0v) is 13.9. The second-order valence-corrected chi connectivity index (χ2v) is 6.61. The maximum absolute atomic E-state index is 12.5. The number of hydrogen-bond acceptors (Lipinski definition) is 1. The second kappa shape index (κ2) is 6.21. The SMILES string of the molecule is CCC(C)(C)c1ccc(C(=O)c2cc(Cl)ccc2Cl)cc1. The molecule has 0 aliphatic rings. The lowest BCUT2D eigenvalue weighted by Gasteiger charge is -2.23. The van der Waals surface area contributed by atoms with Crippen molar-refractivity contribution in [3.8, 4) is 0 Å². The molecule has 0 spiro atoms. The zero-order valence-electron chi connectivity index (χ0n) is 12.4. The molecule has 0 aliphatic carbocycles. The predicted octanol–water partition coefficient (Wildman–Crippen LogP) is 5.91. The van der Waals surface area contributed by atoms with Crippen molar-refractivity contribution in [2.45, 2.75) is 32.6 Å². The third-order valence-corrected chi connectivity index (χ3v) is 4.55. The van der Waals surface area contributed by atoms with Crippen LogP contribution in [0.5, 0.6) is 0 Å². The zero-order chi connectivity index (χ0) is 15.6. The molecule has 1 nitrogen and oxygen atoms in total. The smallest absolute Gasteiger partial charge is 0.194 e. The maximum Gasteiger partial charge on any atom is 0.194 e. The summed E-state index contributed by atoms with van der Waals surface area (Å²) in [6, 6.07) is 12.7. The maximum atomic E-state index is 12.5. The third kappa shape index (κ3) is 3.48. The van der Waals surface area contributed by atoms with Gasteiger partial charge in [-0.15, -0.1) is 0 Å². The molecule has 0 fully saturated rings. The summed E-state index contributed by atoms with van der Waals surface area (Å²) in [6.07, 6.45) is 1.04. The quantitative estimate of drug-likeness (QED) is 0.640. The first kappa shape index (κ1) is 16.1. The van der Waals surface area contributed by atoms with Gasteiger partial charge in [-0.25, -0.2) is 0 Å². The van der Waals surface area contributed by atoms with Gasteiger partial charge in [0.05, 0.1) is 5.02 Å². The Morgan fingerprint density at radius 3 is 2.24 bits per heavy atom.